The number of hydrogen-bond donors (Lipinski definition) is 2. The molecule has 1 amide bonds. The number of rotatable bonds is 6. The Balaban J connectivity index is 1.62. The molecule has 0 spiro atoms. The number of nitrogens with zero attached hydrogens (tertiary/aromatic N) is 1. The van der Waals surface area contributed by atoms with E-state index in [1.165, 1.54) is 12.0 Å². The van der Waals surface area contributed by atoms with Gasteiger partial charge in [-0.2, -0.15) is 0 Å². The topological polar surface area (TPSA) is 44.4 Å². The van der Waals surface area contributed by atoms with Crippen LogP contribution in [0.2, 0.25) is 0 Å². The van der Waals surface area contributed by atoms with Crippen LogP contribution in [0.15, 0.2) is 83.7 Å². The van der Waals surface area contributed by atoms with Crippen LogP contribution < -0.4 is 15.5 Å². The monoisotopic (exact) mass is 359 g/mol. The normalized spacial score (nSPS) is 16.3. The van der Waals surface area contributed by atoms with E-state index in [0.717, 1.165) is 55.1 Å². The molecule has 4 heteroatoms. The number of carbonyl (C=O) groups is 1. The van der Waals surface area contributed by atoms with Crippen molar-refractivity contribution in [1.29, 1.82) is 0 Å². The number of fused-ring (bicyclic) bond motifs is 1. The van der Waals surface area contributed by atoms with Crippen molar-refractivity contribution in [1.82, 2.24) is 5.32 Å². The lowest BCUT2D eigenvalue weighted by molar-refractivity contribution is -0.116. The quantitative estimate of drug-likeness (QED) is 0.801. The number of nitrogens with one attached hydrogen (secondary N) is 2. The molecule has 0 saturated carbocycles. The Kier molecular flexibility index (Phi) is 5.24. The Morgan fingerprint density at radius 1 is 0.963 bits per heavy atom. The van der Waals surface area contributed by atoms with Crippen molar-refractivity contribution in [3.63, 3.8) is 0 Å². The minimum Gasteiger partial charge on any atom is -0.383 e. The van der Waals surface area contributed by atoms with E-state index in [2.05, 4.69) is 45.9 Å². The number of carbonyl (C=O) groups excluding carboxylic acids is 1. The van der Waals surface area contributed by atoms with Crippen LogP contribution in [0, 0.1) is 0 Å². The summed E-state index contributed by atoms with van der Waals surface area (Å²) in [5, 5.41) is 6.55. The molecule has 1 aliphatic carbocycles. The lowest BCUT2D eigenvalue weighted by Gasteiger charge is -2.26. The average Bonchev–Trinajstić information content (AvgIpc) is 2.87. The van der Waals surface area contributed by atoms with Crippen molar-refractivity contribution in [3.05, 3.63) is 83.7 Å². The molecule has 0 saturated heterocycles. The van der Waals surface area contributed by atoms with Crippen molar-refractivity contribution >= 4 is 17.3 Å². The third kappa shape index (κ3) is 3.90. The highest BCUT2D eigenvalue weighted by atomic mass is 16.2. The second-order valence-corrected chi connectivity index (χ2v) is 6.92. The molecule has 2 aliphatic rings. The van der Waals surface area contributed by atoms with Gasteiger partial charge in [0, 0.05) is 35.7 Å². The fourth-order valence-electron chi connectivity index (χ4n) is 3.77. The van der Waals surface area contributed by atoms with Crippen molar-refractivity contribution in [2.75, 3.05) is 23.3 Å². The molecule has 2 N–H and O–H groups in total. The third-order valence-electron chi connectivity index (χ3n) is 5.08. The van der Waals surface area contributed by atoms with Gasteiger partial charge in [-0.3, -0.25) is 4.79 Å². The number of hydrogen-bond acceptors (Lipinski definition) is 3. The van der Waals surface area contributed by atoms with Crippen LogP contribution in [-0.2, 0) is 4.79 Å². The summed E-state index contributed by atoms with van der Waals surface area (Å²) in [6, 6.07) is 20.4. The maximum absolute atomic E-state index is 12.8. The zero-order valence-electron chi connectivity index (χ0n) is 15.4. The molecule has 27 heavy (non-hydrogen) atoms. The van der Waals surface area contributed by atoms with Crippen LogP contribution in [0.25, 0.3) is 0 Å². The van der Waals surface area contributed by atoms with E-state index >= 15 is 0 Å². The fraction of sp³-hybridized carbons (Fsp3) is 0.261. The van der Waals surface area contributed by atoms with E-state index in [1.54, 1.807) is 0 Å². The molecule has 2 aromatic rings. The molecular formula is C23H25N3O. The standard InChI is InChI=1S/C23H25N3O/c27-23-22(20-14-8-3-9-15-21(20)25-23)26(19-12-6-2-7-13-19)17-16-24-18-10-4-1-5-11-18/h1-2,4-7,10-13,15,24H,3,8-9,14,16-17H2,(H,25,27). The molecule has 0 radical (unpaired) electrons. The Morgan fingerprint density at radius 3 is 2.48 bits per heavy atom. The lowest BCUT2D eigenvalue weighted by Crippen LogP contribution is -2.33. The summed E-state index contributed by atoms with van der Waals surface area (Å²) in [5.74, 6) is 0.0155. The highest BCUT2D eigenvalue weighted by Crippen LogP contribution is 2.33. The first-order valence-corrected chi connectivity index (χ1v) is 9.69. The summed E-state index contributed by atoms with van der Waals surface area (Å²) < 4.78 is 0. The Labute approximate surface area is 160 Å². The molecule has 2 aromatic carbocycles. The summed E-state index contributed by atoms with van der Waals surface area (Å²) >= 11 is 0. The number of benzene rings is 2. The predicted octanol–water partition coefficient (Wildman–Crippen LogP) is 4.45. The second-order valence-electron chi connectivity index (χ2n) is 6.92. The van der Waals surface area contributed by atoms with Gasteiger partial charge >= 0.3 is 0 Å². The van der Waals surface area contributed by atoms with E-state index in [-0.39, 0.29) is 5.91 Å². The van der Waals surface area contributed by atoms with Crippen LogP contribution in [0.3, 0.4) is 0 Å². The first-order chi connectivity index (χ1) is 13.3. The molecule has 138 valence electrons. The van der Waals surface area contributed by atoms with Gasteiger partial charge in [0.15, 0.2) is 0 Å². The van der Waals surface area contributed by atoms with Gasteiger partial charge in [0.2, 0.25) is 0 Å². The number of amides is 1. The minimum atomic E-state index is 0.0155. The molecular weight excluding hydrogens is 334 g/mol. The maximum atomic E-state index is 12.8. The van der Waals surface area contributed by atoms with Gasteiger partial charge in [-0.15, -0.1) is 0 Å². The second kappa shape index (κ2) is 8.12. The van der Waals surface area contributed by atoms with Gasteiger partial charge in [0.1, 0.15) is 5.70 Å². The summed E-state index contributed by atoms with van der Waals surface area (Å²) in [4.78, 5) is 15.0. The molecule has 1 heterocycles. The zero-order chi connectivity index (χ0) is 18.5. The number of anilines is 2. The van der Waals surface area contributed by atoms with E-state index in [0.29, 0.717) is 0 Å². The summed E-state index contributed by atoms with van der Waals surface area (Å²) in [5.41, 5.74) is 5.14. The first-order valence-electron chi connectivity index (χ1n) is 9.69. The molecule has 0 fully saturated rings. The van der Waals surface area contributed by atoms with Crippen molar-refractivity contribution in [3.8, 4) is 0 Å². The van der Waals surface area contributed by atoms with Gasteiger partial charge < -0.3 is 15.5 Å². The number of para-hydroxylation sites is 2. The predicted molar refractivity (Wildman–Crippen MR) is 110 cm³/mol. The van der Waals surface area contributed by atoms with E-state index in [1.807, 2.05) is 36.4 Å². The SMILES string of the molecule is O=C1NC2=CCCCCC2=C1N(CCNc1ccccc1)c1ccccc1. The molecule has 4 nitrogen and oxygen atoms in total. The van der Waals surface area contributed by atoms with Crippen LogP contribution >= 0.6 is 0 Å². The minimum absolute atomic E-state index is 0.0155. The van der Waals surface area contributed by atoms with E-state index in [4.69, 9.17) is 0 Å². The lowest BCUT2D eigenvalue weighted by atomic mass is 10.1. The fourth-order valence-corrected chi connectivity index (χ4v) is 3.77. The van der Waals surface area contributed by atoms with Crippen LogP contribution in [-0.4, -0.2) is 19.0 Å². The Hall–Kier alpha value is -3.01. The van der Waals surface area contributed by atoms with Gasteiger partial charge in [-0.1, -0.05) is 42.5 Å². The highest BCUT2D eigenvalue weighted by Gasteiger charge is 2.32. The van der Waals surface area contributed by atoms with Gasteiger partial charge in [0.05, 0.1) is 0 Å². The Morgan fingerprint density at radius 2 is 1.70 bits per heavy atom. The van der Waals surface area contributed by atoms with Crippen LogP contribution in [0.4, 0.5) is 11.4 Å². The molecule has 0 bridgehead atoms. The van der Waals surface area contributed by atoms with Crippen molar-refractivity contribution in [2.45, 2.75) is 25.7 Å². The molecule has 0 atom stereocenters. The van der Waals surface area contributed by atoms with Gasteiger partial charge in [-0.25, -0.2) is 0 Å². The smallest absolute Gasteiger partial charge is 0.272 e. The summed E-state index contributed by atoms with van der Waals surface area (Å²) in [7, 11) is 0. The molecule has 1 aliphatic heterocycles. The maximum Gasteiger partial charge on any atom is 0.272 e. The van der Waals surface area contributed by atoms with Crippen molar-refractivity contribution in [2.24, 2.45) is 0 Å². The number of allylic oxidation sites excluding steroid dienone is 2. The highest BCUT2D eigenvalue weighted by molar-refractivity contribution is 6.03. The Bertz CT molecular complexity index is 856. The molecule has 4 rings (SSSR count). The van der Waals surface area contributed by atoms with Crippen LogP contribution in [0.5, 0.6) is 0 Å². The van der Waals surface area contributed by atoms with Gasteiger partial charge in [-0.05, 0) is 49.9 Å². The average molecular weight is 359 g/mol. The van der Waals surface area contributed by atoms with E-state index < -0.39 is 0 Å². The first kappa shape index (κ1) is 17.4. The van der Waals surface area contributed by atoms with E-state index in [9.17, 15) is 4.79 Å². The zero-order valence-corrected chi connectivity index (χ0v) is 15.4. The summed E-state index contributed by atoms with van der Waals surface area (Å²) in [6.45, 7) is 1.47. The molecule has 0 aromatic heterocycles. The summed E-state index contributed by atoms with van der Waals surface area (Å²) in [6.07, 6.45) is 6.47. The van der Waals surface area contributed by atoms with Gasteiger partial charge in [0.25, 0.3) is 5.91 Å². The van der Waals surface area contributed by atoms with Crippen LogP contribution in [0.1, 0.15) is 25.7 Å². The molecule has 0 unspecified atom stereocenters. The largest absolute Gasteiger partial charge is 0.383 e. The van der Waals surface area contributed by atoms with Crippen molar-refractivity contribution < 1.29 is 4.79 Å². The third-order valence-corrected chi connectivity index (χ3v) is 5.08.